The van der Waals surface area contributed by atoms with E-state index in [1.807, 2.05) is 49.4 Å². The van der Waals surface area contributed by atoms with Crippen LogP contribution in [0.5, 0.6) is 0 Å². The normalized spacial score (nSPS) is 10.7. The first-order chi connectivity index (χ1) is 9.74. The van der Waals surface area contributed by atoms with Gasteiger partial charge in [0.25, 0.3) is 0 Å². The molecule has 0 atom stereocenters. The molecule has 3 rings (SSSR count). The van der Waals surface area contributed by atoms with Crippen LogP contribution < -0.4 is 5.32 Å². The monoisotopic (exact) mass is 282 g/mol. The van der Waals surface area contributed by atoms with Crippen LogP contribution in [0.3, 0.4) is 0 Å². The van der Waals surface area contributed by atoms with Crippen molar-refractivity contribution in [1.82, 2.24) is 4.98 Å². The van der Waals surface area contributed by atoms with E-state index in [9.17, 15) is 0 Å². The van der Waals surface area contributed by atoms with Crippen molar-refractivity contribution in [2.24, 2.45) is 0 Å². The van der Waals surface area contributed by atoms with Gasteiger partial charge in [0.1, 0.15) is 0 Å². The van der Waals surface area contributed by atoms with Crippen LogP contribution >= 0.6 is 11.6 Å². The van der Waals surface area contributed by atoms with Crippen LogP contribution in [-0.4, -0.2) is 4.98 Å². The van der Waals surface area contributed by atoms with Crippen molar-refractivity contribution in [3.05, 3.63) is 70.9 Å². The first kappa shape index (κ1) is 12.9. The Labute approximate surface area is 123 Å². The maximum Gasteiger partial charge on any atom is 0.0936 e. The van der Waals surface area contributed by atoms with Gasteiger partial charge in [0.05, 0.1) is 11.2 Å². The summed E-state index contributed by atoms with van der Waals surface area (Å²) in [6.07, 6.45) is 0. The van der Waals surface area contributed by atoms with Gasteiger partial charge in [-0.1, -0.05) is 48.0 Å². The molecule has 0 aliphatic heterocycles. The maximum atomic E-state index is 6.18. The molecule has 3 aromatic rings. The molecule has 2 aromatic carbocycles. The summed E-state index contributed by atoms with van der Waals surface area (Å²) < 4.78 is 0. The van der Waals surface area contributed by atoms with E-state index in [4.69, 9.17) is 11.6 Å². The van der Waals surface area contributed by atoms with Crippen molar-refractivity contribution in [2.75, 3.05) is 5.32 Å². The van der Waals surface area contributed by atoms with E-state index in [1.165, 1.54) is 0 Å². The standard InChI is InChI=1S/C17H15ClN2/c1-12-9-10-13-6-4-8-16(17(13)20-12)19-11-14-5-2-3-7-15(14)18/h2-10,19H,11H2,1H3. The minimum absolute atomic E-state index is 0.689. The second kappa shape index (κ2) is 5.51. The number of nitrogens with one attached hydrogen (secondary N) is 1. The lowest BCUT2D eigenvalue weighted by atomic mass is 10.1. The fourth-order valence-corrected chi connectivity index (χ4v) is 2.42. The van der Waals surface area contributed by atoms with Gasteiger partial charge < -0.3 is 5.32 Å². The Balaban J connectivity index is 1.91. The third-order valence-electron chi connectivity index (χ3n) is 3.29. The SMILES string of the molecule is Cc1ccc2cccc(NCc3ccccc3Cl)c2n1. The fourth-order valence-electron chi connectivity index (χ4n) is 2.22. The minimum Gasteiger partial charge on any atom is -0.379 e. The minimum atomic E-state index is 0.689. The summed E-state index contributed by atoms with van der Waals surface area (Å²) >= 11 is 6.18. The molecule has 0 spiro atoms. The molecule has 1 heterocycles. The number of halogens is 1. The Morgan fingerprint density at radius 3 is 2.70 bits per heavy atom. The van der Waals surface area contributed by atoms with E-state index in [0.29, 0.717) is 6.54 Å². The Bertz CT molecular complexity index is 753. The predicted molar refractivity (Wildman–Crippen MR) is 85.3 cm³/mol. The summed E-state index contributed by atoms with van der Waals surface area (Å²) in [7, 11) is 0. The number of pyridine rings is 1. The smallest absolute Gasteiger partial charge is 0.0936 e. The molecule has 0 unspecified atom stereocenters. The Kier molecular flexibility index (Phi) is 3.57. The van der Waals surface area contributed by atoms with Crippen molar-refractivity contribution < 1.29 is 0 Å². The van der Waals surface area contributed by atoms with Crippen molar-refractivity contribution in [2.45, 2.75) is 13.5 Å². The summed E-state index contributed by atoms with van der Waals surface area (Å²) in [6.45, 7) is 2.69. The van der Waals surface area contributed by atoms with Crippen molar-refractivity contribution in [1.29, 1.82) is 0 Å². The molecule has 2 nitrogen and oxygen atoms in total. The van der Waals surface area contributed by atoms with E-state index in [-0.39, 0.29) is 0 Å². The Hall–Kier alpha value is -2.06. The Morgan fingerprint density at radius 2 is 1.85 bits per heavy atom. The number of benzene rings is 2. The number of para-hydroxylation sites is 1. The molecule has 0 bridgehead atoms. The second-order valence-electron chi connectivity index (χ2n) is 4.77. The maximum absolute atomic E-state index is 6.18. The van der Waals surface area contributed by atoms with E-state index in [1.54, 1.807) is 0 Å². The van der Waals surface area contributed by atoms with Gasteiger partial charge >= 0.3 is 0 Å². The highest BCUT2D eigenvalue weighted by molar-refractivity contribution is 6.31. The number of rotatable bonds is 3. The quantitative estimate of drug-likeness (QED) is 0.746. The molecule has 0 saturated heterocycles. The van der Waals surface area contributed by atoms with Gasteiger partial charge in [0, 0.05) is 22.6 Å². The molecule has 1 aromatic heterocycles. The van der Waals surface area contributed by atoms with Crippen molar-refractivity contribution in [3.63, 3.8) is 0 Å². The molecular weight excluding hydrogens is 268 g/mol. The lowest BCUT2D eigenvalue weighted by Gasteiger charge is -2.10. The van der Waals surface area contributed by atoms with E-state index < -0.39 is 0 Å². The van der Waals surface area contributed by atoms with Crippen molar-refractivity contribution in [3.8, 4) is 0 Å². The summed E-state index contributed by atoms with van der Waals surface area (Å²) in [6, 6.07) is 18.1. The van der Waals surface area contributed by atoms with E-state index in [0.717, 1.165) is 32.9 Å². The first-order valence-electron chi connectivity index (χ1n) is 6.58. The zero-order valence-corrected chi connectivity index (χ0v) is 12.0. The van der Waals surface area contributed by atoms with Gasteiger partial charge in [-0.25, -0.2) is 0 Å². The number of hydrogen-bond donors (Lipinski definition) is 1. The summed E-state index contributed by atoms with van der Waals surface area (Å²) in [5, 5.41) is 5.35. The molecule has 20 heavy (non-hydrogen) atoms. The third kappa shape index (κ3) is 2.61. The number of hydrogen-bond acceptors (Lipinski definition) is 2. The third-order valence-corrected chi connectivity index (χ3v) is 3.66. The van der Waals surface area contributed by atoms with Gasteiger partial charge in [0.15, 0.2) is 0 Å². The topological polar surface area (TPSA) is 24.9 Å². The number of nitrogens with zero attached hydrogens (tertiary/aromatic N) is 1. The predicted octanol–water partition coefficient (Wildman–Crippen LogP) is 4.81. The fraction of sp³-hybridized carbons (Fsp3) is 0.118. The average molecular weight is 283 g/mol. The van der Waals surface area contributed by atoms with Gasteiger partial charge in [-0.15, -0.1) is 0 Å². The van der Waals surface area contributed by atoms with Gasteiger partial charge in [-0.2, -0.15) is 0 Å². The number of aromatic nitrogens is 1. The molecule has 0 aliphatic carbocycles. The molecule has 0 radical (unpaired) electrons. The lowest BCUT2D eigenvalue weighted by molar-refractivity contribution is 1.15. The van der Waals surface area contributed by atoms with E-state index >= 15 is 0 Å². The molecule has 1 N–H and O–H groups in total. The van der Waals surface area contributed by atoms with Gasteiger partial charge in [0.2, 0.25) is 0 Å². The van der Waals surface area contributed by atoms with Crippen LogP contribution in [-0.2, 0) is 6.54 Å². The molecule has 0 saturated carbocycles. The first-order valence-corrected chi connectivity index (χ1v) is 6.95. The van der Waals surface area contributed by atoms with E-state index in [2.05, 4.69) is 22.4 Å². The Morgan fingerprint density at radius 1 is 1.00 bits per heavy atom. The summed E-state index contributed by atoms with van der Waals surface area (Å²) in [5.41, 5.74) is 4.13. The van der Waals surface area contributed by atoms with Crippen LogP contribution in [0.15, 0.2) is 54.6 Å². The zero-order valence-electron chi connectivity index (χ0n) is 11.2. The number of aryl methyl sites for hydroxylation is 1. The summed E-state index contributed by atoms with van der Waals surface area (Å²) in [4.78, 5) is 4.61. The van der Waals surface area contributed by atoms with Crippen LogP contribution in [0, 0.1) is 6.92 Å². The highest BCUT2D eigenvalue weighted by Gasteiger charge is 2.04. The molecule has 0 amide bonds. The average Bonchev–Trinajstić information content (AvgIpc) is 2.46. The second-order valence-corrected chi connectivity index (χ2v) is 5.18. The van der Waals surface area contributed by atoms with Crippen molar-refractivity contribution >= 4 is 28.2 Å². The number of fused-ring (bicyclic) bond motifs is 1. The highest BCUT2D eigenvalue weighted by Crippen LogP contribution is 2.23. The zero-order chi connectivity index (χ0) is 13.9. The molecule has 0 fully saturated rings. The van der Waals surface area contributed by atoms with Gasteiger partial charge in [-0.3, -0.25) is 4.98 Å². The summed E-state index contributed by atoms with van der Waals surface area (Å²) in [5.74, 6) is 0. The molecule has 100 valence electrons. The van der Waals surface area contributed by atoms with Crippen LogP contribution in [0.2, 0.25) is 5.02 Å². The molecule has 0 aliphatic rings. The van der Waals surface area contributed by atoms with Crippen LogP contribution in [0.25, 0.3) is 10.9 Å². The van der Waals surface area contributed by atoms with Crippen LogP contribution in [0.1, 0.15) is 11.3 Å². The van der Waals surface area contributed by atoms with Crippen LogP contribution in [0.4, 0.5) is 5.69 Å². The molecule has 3 heteroatoms. The largest absolute Gasteiger partial charge is 0.379 e. The van der Waals surface area contributed by atoms with Gasteiger partial charge in [-0.05, 0) is 30.7 Å². The lowest BCUT2D eigenvalue weighted by Crippen LogP contribution is -2.01. The number of anilines is 1. The highest BCUT2D eigenvalue weighted by atomic mass is 35.5. The molecular formula is C17H15ClN2.